The second-order valence-corrected chi connectivity index (χ2v) is 6.92. The molecular weight excluding hydrogens is 332 g/mol. The number of aryl methyl sites for hydroxylation is 1. The smallest absolute Gasteiger partial charge is 0.153 e. The molecule has 1 N–H and O–H groups in total. The molecule has 0 fully saturated rings. The molecule has 0 radical (unpaired) electrons. The topological polar surface area (TPSA) is 29.5 Å². The molecule has 0 aliphatic heterocycles. The molecule has 0 bridgehead atoms. The number of ether oxygens (including phenoxy) is 1. The van der Waals surface area contributed by atoms with Crippen LogP contribution in [0, 0.1) is 12.8 Å². The summed E-state index contributed by atoms with van der Waals surface area (Å²) in [5.74, 6) is 2.01. The standard InChI is InChI=1S/C22H27ClO2/c1-4-16(2)14-18(12-13-24)15-20-17(3)10-11-21(23)22(20)25-19-8-6-5-7-9-19/h5-11,15-16,24H,4,12-14H2,1-3H3/b18-15-. The molecule has 0 aliphatic carbocycles. The fraction of sp³-hybridized carbons (Fsp3) is 0.364. The molecule has 134 valence electrons. The van der Waals surface area contributed by atoms with E-state index in [0.717, 1.165) is 29.7 Å². The van der Waals surface area contributed by atoms with E-state index >= 15 is 0 Å². The van der Waals surface area contributed by atoms with Crippen LogP contribution < -0.4 is 4.74 Å². The van der Waals surface area contributed by atoms with Crippen LogP contribution in [0.4, 0.5) is 0 Å². The highest BCUT2D eigenvalue weighted by Gasteiger charge is 2.13. The summed E-state index contributed by atoms with van der Waals surface area (Å²) in [6, 6.07) is 13.5. The third-order valence-electron chi connectivity index (χ3n) is 4.42. The van der Waals surface area contributed by atoms with Crippen LogP contribution in [-0.2, 0) is 0 Å². The lowest BCUT2D eigenvalue weighted by atomic mass is 9.94. The van der Waals surface area contributed by atoms with Crippen molar-refractivity contribution in [3.8, 4) is 11.5 Å². The fourth-order valence-corrected chi connectivity index (χ4v) is 2.94. The van der Waals surface area contributed by atoms with E-state index in [9.17, 15) is 5.11 Å². The van der Waals surface area contributed by atoms with Crippen molar-refractivity contribution in [3.63, 3.8) is 0 Å². The van der Waals surface area contributed by atoms with Gasteiger partial charge in [-0.05, 0) is 49.4 Å². The highest BCUT2D eigenvalue weighted by atomic mass is 35.5. The number of aliphatic hydroxyl groups excluding tert-OH is 1. The lowest BCUT2D eigenvalue weighted by molar-refractivity contribution is 0.296. The first-order chi connectivity index (χ1) is 12.0. The van der Waals surface area contributed by atoms with Gasteiger partial charge in [-0.15, -0.1) is 0 Å². The highest BCUT2D eigenvalue weighted by molar-refractivity contribution is 6.32. The first-order valence-corrected chi connectivity index (χ1v) is 9.25. The van der Waals surface area contributed by atoms with Crippen LogP contribution in [0.15, 0.2) is 48.0 Å². The molecule has 2 aromatic carbocycles. The molecular formula is C22H27ClO2. The summed E-state index contributed by atoms with van der Waals surface area (Å²) >= 11 is 6.44. The van der Waals surface area contributed by atoms with Crippen molar-refractivity contribution >= 4 is 17.7 Å². The van der Waals surface area contributed by atoms with Crippen molar-refractivity contribution in [1.82, 2.24) is 0 Å². The predicted molar refractivity (Wildman–Crippen MR) is 106 cm³/mol. The van der Waals surface area contributed by atoms with E-state index < -0.39 is 0 Å². The Morgan fingerprint density at radius 1 is 1.20 bits per heavy atom. The molecule has 1 atom stereocenters. The summed E-state index contributed by atoms with van der Waals surface area (Å²) in [7, 11) is 0. The van der Waals surface area contributed by atoms with Crippen LogP contribution >= 0.6 is 11.6 Å². The summed E-state index contributed by atoms with van der Waals surface area (Å²) in [5.41, 5.74) is 3.32. The van der Waals surface area contributed by atoms with Crippen molar-refractivity contribution in [2.75, 3.05) is 6.61 Å². The summed E-state index contributed by atoms with van der Waals surface area (Å²) in [6.45, 7) is 6.63. The van der Waals surface area contributed by atoms with E-state index in [1.54, 1.807) is 0 Å². The fourth-order valence-electron chi connectivity index (χ4n) is 2.73. The number of rotatable bonds is 8. The van der Waals surface area contributed by atoms with Crippen LogP contribution in [0.2, 0.25) is 5.02 Å². The zero-order valence-electron chi connectivity index (χ0n) is 15.3. The van der Waals surface area contributed by atoms with Gasteiger partial charge in [0, 0.05) is 12.2 Å². The van der Waals surface area contributed by atoms with Gasteiger partial charge in [-0.2, -0.15) is 0 Å². The Labute approximate surface area is 156 Å². The average Bonchev–Trinajstić information content (AvgIpc) is 2.62. The Bertz CT molecular complexity index is 707. The van der Waals surface area contributed by atoms with E-state index in [2.05, 4.69) is 26.8 Å². The predicted octanol–water partition coefficient (Wildman–Crippen LogP) is 6.64. The largest absolute Gasteiger partial charge is 0.455 e. The van der Waals surface area contributed by atoms with Crippen LogP contribution in [0.25, 0.3) is 6.08 Å². The maximum absolute atomic E-state index is 9.43. The van der Waals surface area contributed by atoms with Gasteiger partial charge >= 0.3 is 0 Å². The number of benzene rings is 2. The van der Waals surface area contributed by atoms with Crippen molar-refractivity contribution in [2.45, 2.75) is 40.0 Å². The molecule has 25 heavy (non-hydrogen) atoms. The molecule has 0 amide bonds. The number of hydrogen-bond donors (Lipinski definition) is 1. The summed E-state index contributed by atoms with van der Waals surface area (Å²) < 4.78 is 6.09. The van der Waals surface area contributed by atoms with Crippen molar-refractivity contribution < 1.29 is 9.84 Å². The van der Waals surface area contributed by atoms with Crippen LogP contribution in [0.5, 0.6) is 11.5 Å². The van der Waals surface area contributed by atoms with Gasteiger partial charge in [0.25, 0.3) is 0 Å². The first kappa shape index (κ1) is 19.6. The highest BCUT2D eigenvalue weighted by Crippen LogP contribution is 2.37. The normalized spacial score (nSPS) is 12.9. The lowest BCUT2D eigenvalue weighted by Crippen LogP contribution is -1.99. The van der Waals surface area contributed by atoms with Crippen LogP contribution in [0.3, 0.4) is 0 Å². The molecule has 2 aromatic rings. The number of para-hydroxylation sites is 1. The minimum atomic E-state index is 0.150. The Morgan fingerprint density at radius 3 is 2.56 bits per heavy atom. The van der Waals surface area contributed by atoms with E-state index in [4.69, 9.17) is 16.3 Å². The summed E-state index contributed by atoms with van der Waals surface area (Å²) in [4.78, 5) is 0. The minimum Gasteiger partial charge on any atom is -0.455 e. The Morgan fingerprint density at radius 2 is 1.92 bits per heavy atom. The van der Waals surface area contributed by atoms with Gasteiger partial charge < -0.3 is 9.84 Å². The van der Waals surface area contributed by atoms with Gasteiger partial charge in [0.15, 0.2) is 5.75 Å². The van der Waals surface area contributed by atoms with E-state index in [0.29, 0.717) is 23.1 Å². The SMILES string of the molecule is CCC(C)C/C(=C\c1c(C)ccc(Cl)c1Oc1ccccc1)CCO. The van der Waals surface area contributed by atoms with Crippen LogP contribution in [0.1, 0.15) is 44.2 Å². The number of halogens is 1. The van der Waals surface area contributed by atoms with E-state index in [1.165, 1.54) is 5.57 Å². The van der Waals surface area contributed by atoms with E-state index in [1.807, 2.05) is 42.5 Å². The Balaban J connectivity index is 2.44. The maximum Gasteiger partial charge on any atom is 0.153 e. The zero-order valence-corrected chi connectivity index (χ0v) is 16.0. The van der Waals surface area contributed by atoms with Crippen molar-refractivity contribution in [3.05, 3.63) is 64.2 Å². The summed E-state index contributed by atoms with van der Waals surface area (Å²) in [5, 5.41) is 10.0. The second kappa shape index (κ2) is 9.65. The molecule has 3 heteroatoms. The third-order valence-corrected chi connectivity index (χ3v) is 4.72. The number of aliphatic hydroxyl groups is 1. The molecule has 0 spiro atoms. The van der Waals surface area contributed by atoms with Gasteiger partial charge in [0.1, 0.15) is 5.75 Å². The monoisotopic (exact) mass is 358 g/mol. The van der Waals surface area contributed by atoms with Gasteiger partial charge in [0.05, 0.1) is 5.02 Å². The quantitative estimate of drug-likeness (QED) is 0.572. The maximum atomic E-state index is 9.43. The average molecular weight is 359 g/mol. The molecule has 0 aliphatic rings. The molecule has 1 unspecified atom stereocenters. The second-order valence-electron chi connectivity index (χ2n) is 6.52. The first-order valence-electron chi connectivity index (χ1n) is 8.87. The molecule has 0 aromatic heterocycles. The van der Waals surface area contributed by atoms with Crippen LogP contribution in [-0.4, -0.2) is 11.7 Å². The summed E-state index contributed by atoms with van der Waals surface area (Å²) in [6.07, 6.45) is 4.89. The zero-order chi connectivity index (χ0) is 18.2. The van der Waals surface area contributed by atoms with Crippen molar-refractivity contribution in [1.29, 1.82) is 0 Å². The van der Waals surface area contributed by atoms with Gasteiger partial charge in [-0.25, -0.2) is 0 Å². The van der Waals surface area contributed by atoms with Gasteiger partial charge in [-0.3, -0.25) is 0 Å². The molecule has 0 heterocycles. The molecule has 2 rings (SSSR count). The van der Waals surface area contributed by atoms with Gasteiger partial charge in [0.2, 0.25) is 0 Å². The Kier molecular flexibility index (Phi) is 7.54. The van der Waals surface area contributed by atoms with Gasteiger partial charge in [-0.1, -0.05) is 67.8 Å². The van der Waals surface area contributed by atoms with E-state index in [-0.39, 0.29) is 6.61 Å². The molecule has 0 saturated carbocycles. The van der Waals surface area contributed by atoms with Crippen molar-refractivity contribution in [2.24, 2.45) is 5.92 Å². The minimum absolute atomic E-state index is 0.150. The molecule has 0 saturated heterocycles. The lowest BCUT2D eigenvalue weighted by Gasteiger charge is -2.16. The number of hydrogen-bond acceptors (Lipinski definition) is 2. The Hall–Kier alpha value is -1.77. The molecule has 2 nitrogen and oxygen atoms in total. The third kappa shape index (κ3) is 5.62.